The predicted octanol–water partition coefficient (Wildman–Crippen LogP) is 3.69. The van der Waals surface area contributed by atoms with Crippen LogP contribution in [0.3, 0.4) is 0 Å². The summed E-state index contributed by atoms with van der Waals surface area (Å²) >= 11 is 5.92. The lowest BCUT2D eigenvalue weighted by Gasteiger charge is -2.37. The molecule has 2 heterocycles. The van der Waals surface area contributed by atoms with Gasteiger partial charge >= 0.3 is 5.97 Å². The third-order valence-electron chi connectivity index (χ3n) is 7.05. The van der Waals surface area contributed by atoms with Gasteiger partial charge in [0.1, 0.15) is 11.5 Å². The second-order valence-corrected chi connectivity index (χ2v) is 9.00. The fraction of sp³-hybridized carbons (Fsp3) is 0.304. The van der Waals surface area contributed by atoms with E-state index in [0.29, 0.717) is 28.9 Å². The van der Waals surface area contributed by atoms with Crippen LogP contribution in [0, 0.1) is 35.5 Å². The highest BCUT2D eigenvalue weighted by molar-refractivity contribution is 6.33. The fourth-order valence-corrected chi connectivity index (χ4v) is 5.79. The molecule has 1 N–H and O–H groups in total. The summed E-state index contributed by atoms with van der Waals surface area (Å²) in [6, 6.07) is 7.89. The second kappa shape index (κ2) is 6.40. The minimum atomic E-state index is -1.13. The number of halogens is 1. The first-order valence-electron chi connectivity index (χ1n) is 10.2. The Morgan fingerprint density at radius 1 is 1.10 bits per heavy atom. The number of amides is 2. The summed E-state index contributed by atoms with van der Waals surface area (Å²) in [5.41, 5.74) is 0.519. The lowest BCUT2D eigenvalue weighted by Crippen LogP contribution is -2.40. The minimum absolute atomic E-state index is 0.0251. The Balaban J connectivity index is 1.24. The Bertz CT molecular complexity index is 1180. The minimum Gasteiger partial charge on any atom is -0.478 e. The number of carboxylic acid groups (broad SMARTS) is 1. The van der Waals surface area contributed by atoms with Gasteiger partial charge in [0.25, 0.3) is 11.8 Å². The lowest BCUT2D eigenvalue weighted by molar-refractivity contribution is -0.140. The first-order chi connectivity index (χ1) is 14.9. The van der Waals surface area contributed by atoms with Crippen LogP contribution in [0.1, 0.15) is 22.5 Å². The molecule has 0 spiro atoms. The van der Waals surface area contributed by atoms with Crippen molar-refractivity contribution in [2.45, 2.75) is 6.42 Å². The highest BCUT2D eigenvalue weighted by Gasteiger charge is 2.67. The quantitative estimate of drug-likeness (QED) is 0.447. The molecular formula is C23H17ClN2O5. The number of carbonyl (C=O) groups excluding carboxylic acids is 2. The van der Waals surface area contributed by atoms with Gasteiger partial charge in [-0.2, -0.15) is 10.1 Å². The Labute approximate surface area is 182 Å². The summed E-state index contributed by atoms with van der Waals surface area (Å²) in [5.74, 6) is -0.0124. The van der Waals surface area contributed by atoms with Crippen LogP contribution in [0.5, 0.6) is 0 Å². The molecule has 7 nitrogen and oxygen atoms in total. The zero-order valence-corrected chi connectivity index (χ0v) is 16.9. The van der Waals surface area contributed by atoms with Gasteiger partial charge < -0.3 is 9.52 Å². The van der Waals surface area contributed by atoms with E-state index in [1.165, 1.54) is 18.3 Å². The molecule has 1 aliphatic heterocycles. The molecule has 2 bridgehead atoms. The summed E-state index contributed by atoms with van der Waals surface area (Å²) in [6.07, 6.45) is 6.70. The van der Waals surface area contributed by atoms with Crippen molar-refractivity contribution in [3.8, 4) is 11.3 Å². The topological polar surface area (TPSA) is 100 Å². The number of nitrogens with zero attached hydrogens (tertiary/aromatic N) is 2. The highest BCUT2D eigenvalue weighted by atomic mass is 35.5. The number of carboxylic acids is 1. The second-order valence-electron chi connectivity index (χ2n) is 8.59. The van der Waals surface area contributed by atoms with E-state index in [1.54, 1.807) is 18.2 Å². The van der Waals surface area contributed by atoms with Gasteiger partial charge in [0.15, 0.2) is 0 Å². The van der Waals surface area contributed by atoms with E-state index in [9.17, 15) is 19.5 Å². The third kappa shape index (κ3) is 2.66. The molecule has 3 fully saturated rings. The Morgan fingerprint density at radius 2 is 1.77 bits per heavy atom. The van der Waals surface area contributed by atoms with Gasteiger partial charge in [-0.05, 0) is 60.4 Å². The predicted molar refractivity (Wildman–Crippen MR) is 110 cm³/mol. The Morgan fingerprint density at radius 3 is 2.42 bits per heavy atom. The Kier molecular flexibility index (Phi) is 3.84. The van der Waals surface area contributed by atoms with Crippen LogP contribution in [-0.2, 0) is 9.59 Å². The summed E-state index contributed by atoms with van der Waals surface area (Å²) in [4.78, 5) is 37.2. The van der Waals surface area contributed by atoms with Crippen molar-refractivity contribution in [2.24, 2.45) is 40.6 Å². The summed E-state index contributed by atoms with van der Waals surface area (Å²) < 4.78 is 5.73. The van der Waals surface area contributed by atoms with Crippen LogP contribution in [0.4, 0.5) is 0 Å². The molecular weight excluding hydrogens is 420 g/mol. The number of aromatic carboxylic acids is 1. The van der Waals surface area contributed by atoms with Crippen LogP contribution in [0.25, 0.3) is 11.3 Å². The number of benzene rings is 1. The average Bonchev–Trinajstić information content (AvgIpc) is 3.39. The molecule has 2 saturated carbocycles. The maximum absolute atomic E-state index is 12.9. The smallest absolute Gasteiger partial charge is 0.337 e. The third-order valence-corrected chi connectivity index (χ3v) is 7.38. The average molecular weight is 437 g/mol. The molecule has 1 saturated heterocycles. The molecule has 8 heteroatoms. The van der Waals surface area contributed by atoms with E-state index in [0.717, 1.165) is 11.4 Å². The van der Waals surface area contributed by atoms with Crippen LogP contribution >= 0.6 is 11.6 Å². The van der Waals surface area contributed by atoms with Crippen molar-refractivity contribution in [1.82, 2.24) is 5.01 Å². The first-order valence-corrected chi connectivity index (χ1v) is 10.5. The molecule has 2 aromatic rings. The Hall–Kier alpha value is -3.19. The van der Waals surface area contributed by atoms with E-state index in [4.69, 9.17) is 16.0 Å². The van der Waals surface area contributed by atoms with Crippen molar-refractivity contribution < 1.29 is 23.9 Å². The maximum Gasteiger partial charge on any atom is 0.337 e. The van der Waals surface area contributed by atoms with Gasteiger partial charge in [-0.3, -0.25) is 9.59 Å². The number of hydrazone groups is 1. The van der Waals surface area contributed by atoms with Crippen LogP contribution in [0.2, 0.25) is 5.02 Å². The van der Waals surface area contributed by atoms with Crippen LogP contribution in [0.15, 0.2) is 52.0 Å². The highest BCUT2D eigenvalue weighted by Crippen LogP contribution is 2.65. The van der Waals surface area contributed by atoms with Crippen molar-refractivity contribution in [1.29, 1.82) is 0 Å². The zero-order chi connectivity index (χ0) is 21.4. The SMILES string of the molecule is O=C(O)c1cc(-c2ccc(/C=N\N3C(=O)[C@@H]4[C@H]5C=C[C@@H]([C@@H]6C[C@@H]56)[C@H]4C3=O)o2)ccc1Cl. The van der Waals surface area contributed by atoms with Crippen molar-refractivity contribution in [2.75, 3.05) is 0 Å². The lowest BCUT2D eigenvalue weighted by atomic mass is 9.63. The molecule has 31 heavy (non-hydrogen) atoms. The van der Waals surface area contributed by atoms with Gasteiger partial charge in [-0.25, -0.2) is 4.79 Å². The van der Waals surface area contributed by atoms with Crippen molar-refractivity contribution >= 4 is 35.6 Å². The molecule has 2 amide bonds. The zero-order valence-electron chi connectivity index (χ0n) is 16.1. The number of rotatable bonds is 4. The van der Waals surface area contributed by atoms with E-state index in [-0.39, 0.29) is 46.1 Å². The van der Waals surface area contributed by atoms with Crippen molar-refractivity contribution in [3.63, 3.8) is 0 Å². The number of imide groups is 1. The molecule has 0 radical (unpaired) electrons. The molecule has 4 aliphatic carbocycles. The van der Waals surface area contributed by atoms with E-state index in [2.05, 4.69) is 17.3 Å². The largest absolute Gasteiger partial charge is 0.478 e. The molecule has 1 aromatic carbocycles. The first kappa shape index (κ1) is 18.6. The van der Waals surface area contributed by atoms with E-state index in [1.807, 2.05) is 0 Å². The number of furan rings is 1. The normalized spacial score (nSPS) is 32.6. The molecule has 6 atom stereocenters. The summed E-state index contributed by atoms with van der Waals surface area (Å²) in [5, 5.41) is 14.5. The number of hydrogen-bond donors (Lipinski definition) is 1. The van der Waals surface area contributed by atoms with Gasteiger partial charge in [-0.1, -0.05) is 23.8 Å². The van der Waals surface area contributed by atoms with Gasteiger partial charge in [0, 0.05) is 5.56 Å². The molecule has 5 aliphatic rings. The van der Waals surface area contributed by atoms with Gasteiger partial charge in [0.05, 0.1) is 28.6 Å². The molecule has 0 unspecified atom stereocenters. The number of allylic oxidation sites excluding steroid dienone is 2. The van der Waals surface area contributed by atoms with Crippen LogP contribution in [-0.4, -0.2) is 34.1 Å². The van der Waals surface area contributed by atoms with Gasteiger partial charge in [-0.15, -0.1) is 0 Å². The van der Waals surface area contributed by atoms with E-state index >= 15 is 0 Å². The van der Waals surface area contributed by atoms with Gasteiger partial charge in [0.2, 0.25) is 0 Å². The van der Waals surface area contributed by atoms with E-state index < -0.39 is 5.97 Å². The van der Waals surface area contributed by atoms with Crippen molar-refractivity contribution in [3.05, 3.63) is 58.8 Å². The van der Waals surface area contributed by atoms with Crippen LogP contribution < -0.4 is 0 Å². The monoisotopic (exact) mass is 436 g/mol. The number of carbonyl (C=O) groups is 3. The number of hydrogen-bond acceptors (Lipinski definition) is 5. The molecule has 7 rings (SSSR count). The molecule has 156 valence electrons. The molecule has 1 aromatic heterocycles. The fourth-order valence-electron chi connectivity index (χ4n) is 5.59. The summed E-state index contributed by atoms with van der Waals surface area (Å²) in [7, 11) is 0. The maximum atomic E-state index is 12.9. The summed E-state index contributed by atoms with van der Waals surface area (Å²) in [6.45, 7) is 0. The standard InChI is InChI=1S/C23H17ClN2O5/c24-17-5-1-10(7-16(17)23(29)30)18-6-2-11(31-18)9-25-26-21(27)19-12-3-4-13(15-8-14(12)15)20(19)22(26)28/h1-7,9,12-15,19-20H,8H2,(H,29,30)/b25-9-/t12-,13-,14-,15-,19+,20+/m0/s1.